The largest absolute Gasteiger partial charge is 0.475 e. The lowest BCUT2D eigenvalue weighted by Gasteiger charge is -2.09. The van der Waals surface area contributed by atoms with Crippen LogP contribution in [0.1, 0.15) is 17.3 Å². The molecule has 0 spiro atoms. The monoisotopic (exact) mass is 455 g/mol. The molecule has 11 heteroatoms. The molecule has 0 saturated carbocycles. The molecule has 0 saturated heterocycles. The zero-order valence-electron chi connectivity index (χ0n) is 16.9. The number of carbonyl (C=O) groups is 1. The average molecular weight is 455 g/mol. The first-order valence-electron chi connectivity index (χ1n) is 9.55. The molecule has 9 nitrogen and oxygen atoms in total. The van der Waals surface area contributed by atoms with Crippen molar-refractivity contribution in [2.24, 2.45) is 0 Å². The SMILES string of the molecule is CC(=O)c1ccc(S(=O)(=O)NCCOc2ccc3nnc(-c4cccc(F)c4)n3n2)cc1. The van der Waals surface area contributed by atoms with Crippen molar-refractivity contribution in [3.63, 3.8) is 0 Å². The fourth-order valence-corrected chi connectivity index (χ4v) is 3.95. The van der Waals surface area contributed by atoms with E-state index in [9.17, 15) is 17.6 Å². The predicted octanol–water partition coefficient (Wildman–Crippen LogP) is 2.49. The van der Waals surface area contributed by atoms with Gasteiger partial charge in [-0.3, -0.25) is 4.79 Å². The number of aromatic nitrogens is 4. The maximum Gasteiger partial charge on any atom is 0.240 e. The van der Waals surface area contributed by atoms with Crippen LogP contribution in [0.2, 0.25) is 0 Å². The number of nitrogens with one attached hydrogen (secondary N) is 1. The van der Waals surface area contributed by atoms with E-state index in [0.717, 1.165) is 0 Å². The van der Waals surface area contributed by atoms with Gasteiger partial charge in [-0.15, -0.1) is 15.3 Å². The number of rotatable bonds is 8. The first-order chi connectivity index (χ1) is 15.3. The molecule has 0 unspecified atom stereocenters. The highest BCUT2D eigenvalue weighted by Gasteiger charge is 2.15. The Balaban J connectivity index is 1.41. The van der Waals surface area contributed by atoms with Crippen molar-refractivity contribution in [1.29, 1.82) is 0 Å². The van der Waals surface area contributed by atoms with Crippen LogP contribution < -0.4 is 9.46 Å². The number of sulfonamides is 1. The molecule has 4 aromatic rings. The highest BCUT2D eigenvalue weighted by Crippen LogP contribution is 2.19. The number of halogens is 1. The lowest BCUT2D eigenvalue weighted by Crippen LogP contribution is -2.28. The smallest absolute Gasteiger partial charge is 0.240 e. The van der Waals surface area contributed by atoms with Crippen LogP contribution in [0.5, 0.6) is 5.88 Å². The number of ketones is 1. The van der Waals surface area contributed by atoms with Crippen LogP contribution in [0, 0.1) is 5.82 Å². The molecular formula is C21H18FN5O4S. The number of fused-ring (bicyclic) bond motifs is 1. The molecule has 0 fully saturated rings. The third kappa shape index (κ3) is 4.63. The summed E-state index contributed by atoms with van der Waals surface area (Å²) < 4.78 is 47.7. The second kappa shape index (κ2) is 8.81. The Bertz CT molecular complexity index is 1390. The van der Waals surface area contributed by atoms with E-state index in [1.165, 1.54) is 47.8 Å². The number of nitrogens with zero attached hydrogens (tertiary/aromatic N) is 4. The maximum atomic E-state index is 13.5. The van der Waals surface area contributed by atoms with Gasteiger partial charge >= 0.3 is 0 Å². The van der Waals surface area contributed by atoms with Crippen LogP contribution in [0.15, 0.2) is 65.6 Å². The summed E-state index contributed by atoms with van der Waals surface area (Å²) >= 11 is 0. The van der Waals surface area contributed by atoms with Crippen LogP contribution in [-0.2, 0) is 10.0 Å². The van der Waals surface area contributed by atoms with E-state index in [1.54, 1.807) is 24.3 Å². The van der Waals surface area contributed by atoms with E-state index in [2.05, 4.69) is 20.0 Å². The molecule has 4 rings (SSSR count). The summed E-state index contributed by atoms with van der Waals surface area (Å²) in [5.74, 6) is 0.0166. The van der Waals surface area contributed by atoms with Gasteiger partial charge in [-0.05, 0) is 37.3 Å². The van der Waals surface area contributed by atoms with Crippen LogP contribution in [0.3, 0.4) is 0 Å². The van der Waals surface area contributed by atoms with Gasteiger partial charge in [0.15, 0.2) is 17.3 Å². The normalized spacial score (nSPS) is 11.6. The summed E-state index contributed by atoms with van der Waals surface area (Å²) in [6, 6.07) is 14.8. The Kier molecular flexibility index (Phi) is 5.93. The topological polar surface area (TPSA) is 116 Å². The van der Waals surface area contributed by atoms with E-state index in [1.807, 2.05) is 0 Å². The van der Waals surface area contributed by atoms with E-state index < -0.39 is 15.8 Å². The van der Waals surface area contributed by atoms with Crippen LogP contribution in [0.4, 0.5) is 4.39 Å². The molecule has 0 atom stereocenters. The van der Waals surface area contributed by atoms with Gasteiger partial charge in [-0.25, -0.2) is 17.5 Å². The van der Waals surface area contributed by atoms with Crippen molar-refractivity contribution >= 4 is 21.5 Å². The summed E-state index contributed by atoms with van der Waals surface area (Å²) in [6.07, 6.45) is 0. The fourth-order valence-electron chi connectivity index (χ4n) is 2.94. The number of Topliss-reactive ketones (excluding diaryl/α,β-unsaturated/α-hetero) is 1. The highest BCUT2D eigenvalue weighted by molar-refractivity contribution is 7.89. The van der Waals surface area contributed by atoms with Crippen molar-refractivity contribution in [3.8, 4) is 17.3 Å². The molecule has 32 heavy (non-hydrogen) atoms. The second-order valence-corrected chi connectivity index (χ2v) is 8.57. The van der Waals surface area contributed by atoms with Crippen LogP contribution >= 0.6 is 0 Å². The van der Waals surface area contributed by atoms with Crippen LogP contribution in [0.25, 0.3) is 17.0 Å². The van der Waals surface area contributed by atoms with Gasteiger partial charge in [0.25, 0.3) is 0 Å². The van der Waals surface area contributed by atoms with Gasteiger partial charge in [-0.2, -0.15) is 4.52 Å². The number of hydrogen-bond donors (Lipinski definition) is 1. The summed E-state index contributed by atoms with van der Waals surface area (Å²) in [6.45, 7) is 1.42. The molecule has 0 bridgehead atoms. The standard InChI is InChI=1S/C21H18FN5O4S/c1-14(28)15-5-7-18(8-6-15)32(29,30)23-11-12-31-20-10-9-19-24-25-21(27(19)26-20)16-3-2-4-17(22)13-16/h2-10,13,23H,11-12H2,1H3. The predicted molar refractivity (Wildman–Crippen MR) is 113 cm³/mol. The minimum atomic E-state index is -3.75. The van der Waals surface area contributed by atoms with Crippen molar-refractivity contribution < 1.29 is 22.3 Å². The number of carbonyl (C=O) groups excluding carboxylic acids is 1. The van der Waals surface area contributed by atoms with Gasteiger partial charge in [0.05, 0.1) is 4.90 Å². The summed E-state index contributed by atoms with van der Waals surface area (Å²) in [5, 5.41) is 12.3. The molecule has 1 N–H and O–H groups in total. The third-order valence-corrected chi connectivity index (χ3v) is 6.01. The van der Waals surface area contributed by atoms with Crippen LogP contribution in [-0.4, -0.2) is 47.2 Å². The van der Waals surface area contributed by atoms with E-state index in [0.29, 0.717) is 22.6 Å². The van der Waals surface area contributed by atoms with Crippen molar-refractivity contribution in [2.45, 2.75) is 11.8 Å². The first-order valence-corrected chi connectivity index (χ1v) is 11.0. The number of hydrogen-bond acceptors (Lipinski definition) is 7. The Morgan fingerprint density at radius 3 is 2.59 bits per heavy atom. The van der Waals surface area contributed by atoms with Gasteiger partial charge < -0.3 is 4.74 Å². The summed E-state index contributed by atoms with van der Waals surface area (Å²) in [7, 11) is -3.75. The van der Waals surface area contributed by atoms with Crippen molar-refractivity contribution in [2.75, 3.05) is 13.2 Å². The molecular weight excluding hydrogens is 437 g/mol. The Labute approximate surface area is 182 Å². The molecule has 2 heterocycles. The maximum absolute atomic E-state index is 13.5. The lowest BCUT2D eigenvalue weighted by atomic mass is 10.2. The van der Waals surface area contributed by atoms with Gasteiger partial charge in [-0.1, -0.05) is 24.3 Å². The highest BCUT2D eigenvalue weighted by atomic mass is 32.2. The van der Waals surface area contributed by atoms with Crippen molar-refractivity contribution in [3.05, 3.63) is 72.0 Å². The van der Waals surface area contributed by atoms with E-state index in [-0.39, 0.29) is 29.7 Å². The van der Waals surface area contributed by atoms with Gasteiger partial charge in [0, 0.05) is 23.7 Å². The molecule has 0 aliphatic carbocycles. The molecule has 164 valence electrons. The van der Waals surface area contributed by atoms with Crippen molar-refractivity contribution in [1.82, 2.24) is 24.5 Å². The molecule has 2 aromatic carbocycles. The molecule has 0 radical (unpaired) electrons. The van der Waals surface area contributed by atoms with E-state index in [4.69, 9.17) is 4.74 Å². The first kappa shape index (κ1) is 21.5. The Morgan fingerprint density at radius 2 is 1.88 bits per heavy atom. The van der Waals surface area contributed by atoms with E-state index >= 15 is 0 Å². The molecule has 0 aliphatic rings. The van der Waals surface area contributed by atoms with Gasteiger partial charge in [0.1, 0.15) is 12.4 Å². The number of benzene rings is 2. The van der Waals surface area contributed by atoms with Gasteiger partial charge in [0.2, 0.25) is 15.9 Å². The molecule has 0 aliphatic heterocycles. The fraction of sp³-hybridized carbons (Fsp3) is 0.143. The quantitative estimate of drug-likeness (QED) is 0.321. The molecule has 2 aromatic heterocycles. The lowest BCUT2D eigenvalue weighted by molar-refractivity contribution is 0.101. The zero-order valence-corrected chi connectivity index (χ0v) is 17.7. The molecule has 0 amide bonds. The zero-order chi connectivity index (χ0) is 22.7. The summed E-state index contributed by atoms with van der Waals surface area (Å²) in [4.78, 5) is 11.4. The average Bonchev–Trinajstić information content (AvgIpc) is 3.20. The third-order valence-electron chi connectivity index (χ3n) is 4.54. The number of ether oxygens (including phenoxy) is 1. The Hall–Kier alpha value is -3.70. The Morgan fingerprint density at radius 1 is 1.09 bits per heavy atom. The summed E-state index contributed by atoms with van der Waals surface area (Å²) in [5.41, 5.74) is 1.39. The minimum absolute atomic E-state index is 0.00452. The second-order valence-electron chi connectivity index (χ2n) is 6.80. The minimum Gasteiger partial charge on any atom is -0.475 e.